The van der Waals surface area contributed by atoms with Gasteiger partial charge in [0.15, 0.2) is 0 Å². The van der Waals surface area contributed by atoms with Crippen molar-refractivity contribution in [3.63, 3.8) is 0 Å². The van der Waals surface area contributed by atoms with Gasteiger partial charge in [-0.1, -0.05) is 18.2 Å². The lowest BCUT2D eigenvalue weighted by molar-refractivity contribution is -0.116. The Morgan fingerprint density at radius 3 is 2.70 bits per heavy atom. The van der Waals surface area contributed by atoms with Crippen LogP contribution in [-0.2, 0) is 9.53 Å². The summed E-state index contributed by atoms with van der Waals surface area (Å²) < 4.78 is 9.68. The SMILES string of the molecule is CCOC(=O)NC(=O)/C(C#N)=C\c1ccccc1OC. The molecule has 2 amide bonds. The Bertz CT molecular complexity index is 573. The van der Waals surface area contributed by atoms with Crippen molar-refractivity contribution in [2.75, 3.05) is 13.7 Å². The topological polar surface area (TPSA) is 88.4 Å². The molecule has 0 saturated heterocycles. The van der Waals surface area contributed by atoms with Crippen molar-refractivity contribution in [3.8, 4) is 11.8 Å². The minimum absolute atomic E-state index is 0.136. The number of ether oxygens (including phenoxy) is 2. The van der Waals surface area contributed by atoms with Crippen LogP contribution in [-0.4, -0.2) is 25.7 Å². The highest BCUT2D eigenvalue weighted by atomic mass is 16.5. The quantitative estimate of drug-likeness (QED) is 0.669. The third-order valence-corrected chi connectivity index (χ3v) is 2.29. The highest BCUT2D eigenvalue weighted by Crippen LogP contribution is 2.20. The number of hydrogen-bond donors (Lipinski definition) is 1. The number of hydrogen-bond acceptors (Lipinski definition) is 5. The number of carbonyl (C=O) groups excluding carboxylic acids is 2. The van der Waals surface area contributed by atoms with Crippen LogP contribution in [0, 0.1) is 11.3 Å². The molecule has 1 rings (SSSR count). The smallest absolute Gasteiger partial charge is 0.414 e. The number of carbonyl (C=O) groups is 2. The summed E-state index contributed by atoms with van der Waals surface area (Å²) >= 11 is 0. The third kappa shape index (κ3) is 4.14. The highest BCUT2D eigenvalue weighted by molar-refractivity contribution is 6.08. The summed E-state index contributed by atoms with van der Waals surface area (Å²) in [6, 6.07) is 8.63. The predicted octanol–water partition coefficient (Wildman–Crippen LogP) is 1.87. The molecule has 0 fully saturated rings. The van der Waals surface area contributed by atoms with E-state index >= 15 is 0 Å². The third-order valence-electron chi connectivity index (χ3n) is 2.29. The monoisotopic (exact) mass is 274 g/mol. The van der Waals surface area contributed by atoms with Crippen LogP contribution in [0.3, 0.4) is 0 Å². The summed E-state index contributed by atoms with van der Waals surface area (Å²) in [6.07, 6.45) is 0.451. The number of alkyl carbamates (subject to hydrolysis) is 1. The average molecular weight is 274 g/mol. The molecule has 0 aliphatic rings. The largest absolute Gasteiger partial charge is 0.496 e. The maximum Gasteiger partial charge on any atom is 0.414 e. The van der Waals surface area contributed by atoms with Crippen molar-refractivity contribution in [1.82, 2.24) is 5.32 Å². The molecule has 0 bridgehead atoms. The molecule has 0 atom stereocenters. The number of benzene rings is 1. The molecule has 0 aliphatic carbocycles. The fourth-order valence-electron chi connectivity index (χ4n) is 1.42. The number of methoxy groups -OCH3 is 1. The lowest BCUT2D eigenvalue weighted by Gasteiger charge is -2.05. The van der Waals surface area contributed by atoms with Crippen molar-refractivity contribution < 1.29 is 19.1 Å². The summed E-state index contributed by atoms with van der Waals surface area (Å²) in [6.45, 7) is 1.75. The van der Waals surface area contributed by atoms with Gasteiger partial charge in [0.1, 0.15) is 17.4 Å². The summed E-state index contributed by atoms with van der Waals surface area (Å²) in [7, 11) is 1.48. The first-order valence-electron chi connectivity index (χ1n) is 5.85. The van der Waals surface area contributed by atoms with Crippen molar-refractivity contribution in [1.29, 1.82) is 5.26 Å². The van der Waals surface area contributed by atoms with Gasteiger partial charge in [0.05, 0.1) is 13.7 Å². The van der Waals surface area contributed by atoms with E-state index in [1.807, 2.05) is 5.32 Å². The van der Waals surface area contributed by atoms with Gasteiger partial charge in [-0.3, -0.25) is 10.1 Å². The Hall–Kier alpha value is -2.81. The molecule has 0 radical (unpaired) electrons. The first-order valence-corrected chi connectivity index (χ1v) is 5.85. The fourth-order valence-corrected chi connectivity index (χ4v) is 1.42. The number of nitrogens with one attached hydrogen (secondary N) is 1. The molecule has 0 saturated carbocycles. The second kappa shape index (κ2) is 7.59. The van der Waals surface area contributed by atoms with Gasteiger partial charge in [-0.2, -0.15) is 5.26 Å². The summed E-state index contributed by atoms with van der Waals surface area (Å²) in [5.74, 6) is -0.305. The van der Waals surface area contributed by atoms with E-state index in [0.29, 0.717) is 11.3 Å². The molecule has 1 aromatic carbocycles. The number of imide groups is 1. The van der Waals surface area contributed by atoms with Gasteiger partial charge in [0.25, 0.3) is 5.91 Å². The molecule has 0 aliphatic heterocycles. The zero-order chi connectivity index (χ0) is 15.0. The van der Waals surface area contributed by atoms with Crippen LogP contribution in [0.2, 0.25) is 0 Å². The fraction of sp³-hybridized carbons (Fsp3) is 0.214. The van der Waals surface area contributed by atoms with Crippen molar-refractivity contribution in [3.05, 3.63) is 35.4 Å². The van der Waals surface area contributed by atoms with Crippen LogP contribution in [0.25, 0.3) is 6.08 Å². The van der Waals surface area contributed by atoms with E-state index in [1.54, 1.807) is 37.3 Å². The van der Waals surface area contributed by atoms with Crippen molar-refractivity contribution in [2.45, 2.75) is 6.92 Å². The molecule has 0 spiro atoms. The number of para-hydroxylation sites is 1. The lowest BCUT2D eigenvalue weighted by atomic mass is 10.1. The van der Waals surface area contributed by atoms with E-state index in [0.717, 1.165) is 0 Å². The number of amides is 2. The zero-order valence-electron chi connectivity index (χ0n) is 11.2. The Balaban J connectivity index is 2.95. The first-order chi connectivity index (χ1) is 9.62. The lowest BCUT2D eigenvalue weighted by Crippen LogP contribution is -2.31. The van der Waals surface area contributed by atoms with Gasteiger partial charge in [-0.05, 0) is 19.1 Å². The van der Waals surface area contributed by atoms with Crippen molar-refractivity contribution >= 4 is 18.1 Å². The Labute approximate surface area is 116 Å². The van der Waals surface area contributed by atoms with E-state index in [-0.39, 0.29) is 12.2 Å². The molecule has 6 nitrogen and oxygen atoms in total. The van der Waals surface area contributed by atoms with Gasteiger partial charge in [0, 0.05) is 5.56 Å². The molecule has 6 heteroatoms. The molecule has 0 heterocycles. The van der Waals surface area contributed by atoms with Gasteiger partial charge < -0.3 is 9.47 Å². The maximum absolute atomic E-state index is 11.7. The molecular weight excluding hydrogens is 260 g/mol. The molecule has 0 aromatic heterocycles. The number of nitriles is 1. The minimum atomic E-state index is -0.890. The van der Waals surface area contributed by atoms with Gasteiger partial charge in [0.2, 0.25) is 0 Å². The van der Waals surface area contributed by atoms with E-state index in [4.69, 9.17) is 10.00 Å². The summed E-state index contributed by atoms with van der Waals surface area (Å²) in [5, 5.41) is 10.9. The normalized spacial score (nSPS) is 10.3. The summed E-state index contributed by atoms with van der Waals surface area (Å²) in [5.41, 5.74) is 0.341. The van der Waals surface area contributed by atoms with Gasteiger partial charge in [-0.25, -0.2) is 4.79 Å². The second-order valence-electron chi connectivity index (χ2n) is 3.59. The summed E-state index contributed by atoms with van der Waals surface area (Å²) in [4.78, 5) is 22.9. The minimum Gasteiger partial charge on any atom is -0.496 e. The molecule has 104 valence electrons. The molecular formula is C14H14N2O4. The van der Waals surface area contributed by atoms with Gasteiger partial charge in [-0.15, -0.1) is 0 Å². The Morgan fingerprint density at radius 2 is 2.10 bits per heavy atom. The predicted molar refractivity (Wildman–Crippen MR) is 71.7 cm³/mol. The van der Waals surface area contributed by atoms with Crippen LogP contribution < -0.4 is 10.1 Å². The average Bonchev–Trinajstić information content (AvgIpc) is 2.45. The Kier molecular flexibility index (Phi) is 5.78. The van der Waals surface area contributed by atoms with Crippen LogP contribution in [0.4, 0.5) is 4.79 Å². The van der Waals surface area contributed by atoms with E-state index in [9.17, 15) is 9.59 Å². The molecule has 1 N–H and O–H groups in total. The highest BCUT2D eigenvalue weighted by Gasteiger charge is 2.14. The molecule has 0 unspecified atom stereocenters. The van der Waals surface area contributed by atoms with Gasteiger partial charge >= 0.3 is 6.09 Å². The molecule has 1 aromatic rings. The van der Waals surface area contributed by atoms with Crippen LogP contribution >= 0.6 is 0 Å². The molecule has 20 heavy (non-hydrogen) atoms. The van der Waals surface area contributed by atoms with Crippen LogP contribution in [0.1, 0.15) is 12.5 Å². The first kappa shape index (κ1) is 15.2. The standard InChI is InChI=1S/C14H14N2O4/c1-3-20-14(18)16-13(17)11(9-15)8-10-6-4-5-7-12(10)19-2/h4-8H,3H2,1-2H3,(H,16,17,18)/b11-8-. The van der Waals surface area contributed by atoms with E-state index in [2.05, 4.69) is 4.74 Å². The number of nitrogens with zero attached hydrogens (tertiary/aromatic N) is 1. The van der Waals surface area contributed by atoms with E-state index < -0.39 is 12.0 Å². The van der Waals surface area contributed by atoms with Crippen LogP contribution in [0.5, 0.6) is 5.75 Å². The Morgan fingerprint density at radius 1 is 1.40 bits per heavy atom. The number of rotatable bonds is 4. The van der Waals surface area contributed by atoms with Crippen molar-refractivity contribution in [2.24, 2.45) is 0 Å². The van der Waals surface area contributed by atoms with E-state index in [1.165, 1.54) is 13.2 Å². The second-order valence-corrected chi connectivity index (χ2v) is 3.59. The van der Waals surface area contributed by atoms with Crippen LogP contribution in [0.15, 0.2) is 29.8 Å². The zero-order valence-corrected chi connectivity index (χ0v) is 11.2. The maximum atomic E-state index is 11.7.